The first kappa shape index (κ1) is 20.5. The van der Waals surface area contributed by atoms with Gasteiger partial charge in [-0.05, 0) is 79.3 Å². The van der Waals surface area contributed by atoms with Gasteiger partial charge in [-0.1, -0.05) is 33.6 Å². The van der Waals surface area contributed by atoms with Crippen LogP contribution in [0.4, 0.5) is 5.69 Å². The molecule has 4 rings (SSSR count). The Morgan fingerprint density at radius 3 is 2.47 bits per heavy atom. The number of nitrogens with zero attached hydrogens (tertiary/aromatic N) is 2. The number of aromatic nitrogens is 1. The Morgan fingerprint density at radius 1 is 1.07 bits per heavy atom. The molecule has 1 N–H and O–H groups in total. The van der Waals surface area contributed by atoms with E-state index >= 15 is 0 Å². The van der Waals surface area contributed by atoms with Gasteiger partial charge in [-0.25, -0.2) is 0 Å². The van der Waals surface area contributed by atoms with Gasteiger partial charge < -0.3 is 4.57 Å². The molecule has 1 saturated heterocycles. The van der Waals surface area contributed by atoms with Crippen LogP contribution < -0.4 is 10.2 Å². The monoisotopic (exact) mass is 499 g/mol. The molecule has 1 aliphatic rings. The molecule has 0 atom stereocenters. The fourth-order valence-electron chi connectivity index (χ4n) is 3.11. The topological polar surface area (TPSA) is 54.3 Å². The highest BCUT2D eigenvalue weighted by atomic mass is 79.9. The third kappa shape index (κ3) is 3.84. The second kappa shape index (κ2) is 8.18. The van der Waals surface area contributed by atoms with Crippen LogP contribution in [-0.2, 0) is 9.59 Å². The van der Waals surface area contributed by atoms with Gasteiger partial charge in [0.15, 0.2) is 5.11 Å². The number of anilines is 1. The second-order valence-electron chi connectivity index (χ2n) is 6.67. The van der Waals surface area contributed by atoms with E-state index in [0.29, 0.717) is 16.4 Å². The highest BCUT2D eigenvalue weighted by Crippen LogP contribution is 2.27. The molecule has 1 aliphatic heterocycles. The number of nitrogens with one attached hydrogen (secondary N) is 1. The predicted octanol–water partition coefficient (Wildman–Crippen LogP) is 5.03. The van der Waals surface area contributed by atoms with Crippen molar-refractivity contribution in [3.05, 3.63) is 87.1 Å². The number of halogens is 2. The minimum atomic E-state index is -0.539. The van der Waals surface area contributed by atoms with E-state index in [1.54, 1.807) is 24.3 Å². The van der Waals surface area contributed by atoms with Crippen molar-refractivity contribution < 1.29 is 9.59 Å². The molecule has 0 bridgehead atoms. The zero-order valence-corrected chi connectivity index (χ0v) is 18.9. The Kier molecular flexibility index (Phi) is 5.60. The van der Waals surface area contributed by atoms with Crippen molar-refractivity contribution in [2.75, 3.05) is 4.90 Å². The highest BCUT2D eigenvalue weighted by Gasteiger charge is 2.34. The molecule has 0 saturated carbocycles. The maximum atomic E-state index is 13.2. The average Bonchev–Trinajstić information content (AvgIpc) is 3.16. The maximum absolute atomic E-state index is 13.2. The van der Waals surface area contributed by atoms with E-state index in [2.05, 4.69) is 21.2 Å². The molecule has 2 aromatic carbocycles. The van der Waals surface area contributed by atoms with Gasteiger partial charge in [-0.15, -0.1) is 0 Å². The van der Waals surface area contributed by atoms with Crippen molar-refractivity contribution in [2.24, 2.45) is 0 Å². The number of thiocarbonyl (C=S) groups is 1. The van der Waals surface area contributed by atoms with Crippen molar-refractivity contribution in [3.63, 3.8) is 0 Å². The number of carbonyl (C=O) groups is 2. The van der Waals surface area contributed by atoms with Crippen LogP contribution >= 0.6 is 39.7 Å². The number of carbonyl (C=O) groups excluding carboxylic acids is 2. The molecule has 3 aromatic rings. The van der Waals surface area contributed by atoms with Gasteiger partial charge >= 0.3 is 0 Å². The lowest BCUT2D eigenvalue weighted by Crippen LogP contribution is -2.54. The van der Waals surface area contributed by atoms with Crippen molar-refractivity contribution in [1.29, 1.82) is 0 Å². The van der Waals surface area contributed by atoms with Gasteiger partial charge in [-0.2, -0.15) is 0 Å². The predicted molar refractivity (Wildman–Crippen MR) is 126 cm³/mol. The van der Waals surface area contributed by atoms with Crippen LogP contribution in [0.15, 0.2) is 70.8 Å². The van der Waals surface area contributed by atoms with Crippen molar-refractivity contribution in [3.8, 4) is 5.69 Å². The molecular formula is C22H15BrClN3O2S. The molecule has 0 unspecified atom stereocenters. The summed E-state index contributed by atoms with van der Waals surface area (Å²) in [4.78, 5) is 27.1. The first-order valence-corrected chi connectivity index (χ1v) is 10.5. The molecule has 2 amide bonds. The van der Waals surface area contributed by atoms with Crippen LogP contribution in [-0.4, -0.2) is 21.5 Å². The molecule has 0 spiro atoms. The summed E-state index contributed by atoms with van der Waals surface area (Å²) in [5.74, 6) is -1.05. The van der Waals surface area contributed by atoms with Crippen molar-refractivity contribution in [2.45, 2.75) is 6.92 Å². The largest absolute Gasteiger partial charge is 0.317 e. The molecule has 2 heterocycles. The lowest BCUT2D eigenvalue weighted by atomic mass is 10.1. The third-order valence-corrected chi connectivity index (χ3v) is 5.91. The summed E-state index contributed by atoms with van der Waals surface area (Å²) in [6, 6.07) is 16.6. The lowest BCUT2D eigenvalue weighted by molar-refractivity contribution is -0.122. The summed E-state index contributed by atoms with van der Waals surface area (Å²) in [5, 5.41) is 3.12. The summed E-state index contributed by atoms with van der Waals surface area (Å²) in [5.41, 5.74) is 2.94. The molecule has 5 nitrogen and oxygen atoms in total. The van der Waals surface area contributed by atoms with Gasteiger partial charge in [-0.3, -0.25) is 19.8 Å². The Labute approximate surface area is 192 Å². The molecule has 1 aromatic heterocycles. The van der Waals surface area contributed by atoms with Crippen LogP contribution in [0.3, 0.4) is 0 Å². The van der Waals surface area contributed by atoms with Crippen LogP contribution in [0, 0.1) is 6.92 Å². The minimum Gasteiger partial charge on any atom is -0.317 e. The van der Waals surface area contributed by atoms with Crippen molar-refractivity contribution >= 4 is 68.4 Å². The first-order chi connectivity index (χ1) is 14.3. The van der Waals surface area contributed by atoms with Crippen LogP contribution in [0.2, 0.25) is 5.02 Å². The smallest absolute Gasteiger partial charge is 0.270 e. The van der Waals surface area contributed by atoms with E-state index in [0.717, 1.165) is 15.7 Å². The summed E-state index contributed by atoms with van der Waals surface area (Å²) < 4.78 is 2.85. The number of hydrogen-bond donors (Lipinski definition) is 1. The Hall–Kier alpha value is -2.74. The highest BCUT2D eigenvalue weighted by molar-refractivity contribution is 9.10. The zero-order valence-electron chi connectivity index (χ0n) is 15.7. The summed E-state index contributed by atoms with van der Waals surface area (Å²) in [6.07, 6.45) is 3.42. The fraction of sp³-hybridized carbons (Fsp3) is 0.0455. The Morgan fingerprint density at radius 2 is 1.77 bits per heavy atom. The van der Waals surface area contributed by atoms with Crippen molar-refractivity contribution in [1.82, 2.24) is 9.88 Å². The summed E-state index contributed by atoms with van der Waals surface area (Å²) in [7, 11) is 0. The molecular weight excluding hydrogens is 486 g/mol. The fourth-order valence-corrected chi connectivity index (χ4v) is 3.83. The van der Waals surface area contributed by atoms with Gasteiger partial charge in [0.05, 0.1) is 5.69 Å². The first-order valence-electron chi connectivity index (χ1n) is 8.96. The SMILES string of the molecule is Cc1ccc(N2C(=O)/C(=C/c3cccn3-c3ccc(Br)cc3)C(=O)NC2=S)cc1Cl. The maximum Gasteiger partial charge on any atom is 0.270 e. The molecule has 8 heteroatoms. The minimum absolute atomic E-state index is 0.0163. The standard InChI is InChI=1S/C22H15BrClN3O2S/c1-13-4-7-17(12-19(13)24)27-21(29)18(20(28)25-22(27)30)11-16-3-2-10-26(16)15-8-5-14(23)6-9-15/h2-12H,1H3,(H,25,28,30)/b18-11+. The third-order valence-electron chi connectivity index (χ3n) is 4.69. The number of benzene rings is 2. The van der Waals surface area contributed by atoms with Gasteiger partial charge in [0.1, 0.15) is 5.57 Å². The number of aryl methyl sites for hydroxylation is 1. The molecule has 0 radical (unpaired) electrons. The van der Waals surface area contributed by atoms with E-state index in [9.17, 15) is 9.59 Å². The summed E-state index contributed by atoms with van der Waals surface area (Å²) in [6.45, 7) is 1.87. The van der Waals surface area contributed by atoms with E-state index < -0.39 is 11.8 Å². The van der Waals surface area contributed by atoms with E-state index in [-0.39, 0.29) is 10.7 Å². The van der Waals surface area contributed by atoms with Gasteiger partial charge in [0.25, 0.3) is 11.8 Å². The number of amides is 2. The molecule has 30 heavy (non-hydrogen) atoms. The van der Waals surface area contributed by atoms with Crippen LogP contribution in [0.1, 0.15) is 11.3 Å². The van der Waals surface area contributed by atoms with Crippen LogP contribution in [0.25, 0.3) is 11.8 Å². The quantitative estimate of drug-likeness (QED) is 0.312. The average molecular weight is 501 g/mol. The molecule has 0 aliphatic carbocycles. The normalized spacial score (nSPS) is 15.6. The van der Waals surface area contributed by atoms with Gasteiger partial charge in [0, 0.05) is 27.1 Å². The Bertz CT molecular complexity index is 1220. The second-order valence-corrected chi connectivity index (χ2v) is 8.38. The number of rotatable bonds is 3. The lowest BCUT2D eigenvalue weighted by Gasteiger charge is -2.29. The number of hydrogen-bond acceptors (Lipinski definition) is 3. The molecule has 1 fully saturated rings. The summed E-state index contributed by atoms with van der Waals surface area (Å²) >= 11 is 14.9. The van der Waals surface area contributed by atoms with E-state index in [1.807, 2.05) is 54.1 Å². The Balaban J connectivity index is 1.74. The van der Waals surface area contributed by atoms with E-state index in [1.165, 1.54) is 4.90 Å². The van der Waals surface area contributed by atoms with Crippen LogP contribution in [0.5, 0.6) is 0 Å². The van der Waals surface area contributed by atoms with Gasteiger partial charge in [0.2, 0.25) is 0 Å². The zero-order chi connectivity index (χ0) is 21.4. The molecule has 150 valence electrons. The van der Waals surface area contributed by atoms with E-state index in [4.69, 9.17) is 23.8 Å².